The number of aromatic nitrogens is 1. The van der Waals surface area contributed by atoms with Crippen LogP contribution in [-0.4, -0.2) is 42.2 Å². The zero-order valence-electron chi connectivity index (χ0n) is 21.2. The molecule has 0 radical (unpaired) electrons. The van der Waals surface area contributed by atoms with Crippen LogP contribution in [0.5, 0.6) is 0 Å². The Morgan fingerprint density at radius 2 is 1.47 bits per heavy atom. The van der Waals surface area contributed by atoms with Crippen LogP contribution in [0.1, 0.15) is 96.4 Å². The van der Waals surface area contributed by atoms with Gasteiger partial charge in [-0.1, -0.05) is 71.1 Å². The number of anilines is 1. The summed E-state index contributed by atoms with van der Waals surface area (Å²) in [5.41, 5.74) is 1.45. The molecule has 0 atom stereocenters. The van der Waals surface area contributed by atoms with Crippen molar-refractivity contribution in [3.05, 3.63) is 40.4 Å². The first kappa shape index (κ1) is 25.2. The Morgan fingerprint density at radius 3 is 2.09 bits per heavy atom. The summed E-state index contributed by atoms with van der Waals surface area (Å²) in [7, 11) is 0. The van der Waals surface area contributed by atoms with Crippen LogP contribution in [0.25, 0.3) is 10.9 Å². The van der Waals surface area contributed by atoms with E-state index in [1.54, 1.807) is 6.07 Å². The van der Waals surface area contributed by atoms with Gasteiger partial charge in [0.05, 0.1) is 11.2 Å². The smallest absolute Gasteiger partial charge is 0.189 e. The van der Waals surface area contributed by atoms with Crippen LogP contribution >= 0.6 is 0 Å². The van der Waals surface area contributed by atoms with Crippen LogP contribution in [0.4, 0.5) is 10.1 Å². The van der Waals surface area contributed by atoms with Gasteiger partial charge in [0.1, 0.15) is 5.82 Å². The van der Waals surface area contributed by atoms with Crippen molar-refractivity contribution in [1.82, 2.24) is 9.47 Å². The first-order chi connectivity index (χ1) is 16.7. The minimum absolute atomic E-state index is 0.0888. The highest BCUT2D eigenvalue weighted by Crippen LogP contribution is 2.37. The average molecular weight is 470 g/mol. The standard InChI is InChI=1S/C29H44FN3O/c1-2-3-4-5-6-7-8-9-10-11-12-16-31-18-20-32(21-19-31)28-23-27-25(22-26(28)30)29(34)15-17-33(27)24-13-14-24/h15,17,22-24H,2-14,16,18-21H2,1H3. The van der Waals surface area contributed by atoms with E-state index in [1.165, 1.54) is 76.7 Å². The Bertz CT molecular complexity index is 960. The largest absolute Gasteiger partial charge is 0.367 e. The highest BCUT2D eigenvalue weighted by atomic mass is 19.1. The molecule has 0 N–H and O–H groups in total. The maximum absolute atomic E-state index is 15.0. The van der Waals surface area contributed by atoms with Crippen molar-refractivity contribution in [3.8, 4) is 0 Å². The number of benzene rings is 1. The molecule has 4 rings (SSSR count). The molecule has 0 amide bonds. The summed E-state index contributed by atoms with van der Waals surface area (Å²) in [6.07, 6.45) is 19.3. The Morgan fingerprint density at radius 1 is 0.853 bits per heavy atom. The Balaban J connectivity index is 1.18. The van der Waals surface area contributed by atoms with Crippen LogP contribution in [-0.2, 0) is 0 Å². The second-order valence-corrected chi connectivity index (χ2v) is 10.5. The maximum atomic E-state index is 15.0. The molecule has 0 spiro atoms. The second-order valence-electron chi connectivity index (χ2n) is 10.5. The monoisotopic (exact) mass is 469 g/mol. The SMILES string of the molecule is CCCCCCCCCCCCCN1CCN(c2cc3c(cc2F)c(=O)ccn3C2CC2)CC1. The fourth-order valence-electron chi connectivity index (χ4n) is 5.41. The lowest BCUT2D eigenvalue weighted by atomic mass is 10.1. The van der Waals surface area contributed by atoms with Crippen molar-refractivity contribution in [2.24, 2.45) is 0 Å². The molecule has 188 valence electrons. The Labute approximate surface area is 205 Å². The molecule has 1 saturated heterocycles. The molecular formula is C29H44FN3O. The van der Waals surface area contributed by atoms with E-state index in [2.05, 4.69) is 21.3 Å². The van der Waals surface area contributed by atoms with E-state index in [0.29, 0.717) is 17.1 Å². The lowest BCUT2D eigenvalue weighted by Crippen LogP contribution is -2.47. The first-order valence-corrected chi connectivity index (χ1v) is 14.0. The molecule has 5 heteroatoms. The number of rotatable bonds is 14. The molecule has 4 nitrogen and oxygen atoms in total. The predicted octanol–water partition coefficient (Wildman–Crippen LogP) is 6.91. The van der Waals surface area contributed by atoms with Gasteiger partial charge in [-0.2, -0.15) is 0 Å². The number of hydrogen-bond donors (Lipinski definition) is 0. The molecule has 1 aliphatic carbocycles. The first-order valence-electron chi connectivity index (χ1n) is 14.0. The summed E-state index contributed by atoms with van der Waals surface area (Å²) in [4.78, 5) is 17.0. The van der Waals surface area contributed by atoms with Crippen molar-refractivity contribution in [2.75, 3.05) is 37.6 Å². The van der Waals surface area contributed by atoms with Crippen LogP contribution < -0.4 is 10.3 Å². The van der Waals surface area contributed by atoms with Crippen molar-refractivity contribution < 1.29 is 4.39 Å². The van der Waals surface area contributed by atoms with E-state index in [4.69, 9.17) is 0 Å². The molecule has 1 aliphatic heterocycles. The number of fused-ring (bicyclic) bond motifs is 1. The molecule has 2 aromatic rings. The number of halogens is 1. The predicted molar refractivity (Wildman–Crippen MR) is 142 cm³/mol. The molecule has 0 bridgehead atoms. The summed E-state index contributed by atoms with van der Waals surface area (Å²) >= 11 is 0. The van der Waals surface area contributed by atoms with Gasteiger partial charge in [-0.3, -0.25) is 9.69 Å². The highest BCUT2D eigenvalue weighted by Gasteiger charge is 2.26. The molecule has 1 aromatic heterocycles. The zero-order chi connectivity index (χ0) is 23.8. The number of pyridine rings is 1. The molecule has 0 unspecified atom stereocenters. The molecule has 2 aliphatic rings. The van der Waals surface area contributed by atoms with Gasteiger partial charge in [0.2, 0.25) is 0 Å². The molecule has 1 saturated carbocycles. The Hall–Kier alpha value is -1.88. The van der Waals surface area contributed by atoms with Crippen molar-refractivity contribution in [1.29, 1.82) is 0 Å². The van der Waals surface area contributed by atoms with Gasteiger partial charge in [0.15, 0.2) is 5.43 Å². The van der Waals surface area contributed by atoms with Crippen LogP contribution in [0, 0.1) is 5.82 Å². The maximum Gasteiger partial charge on any atom is 0.189 e. The van der Waals surface area contributed by atoms with E-state index in [-0.39, 0.29) is 11.2 Å². The molecule has 1 aromatic carbocycles. The van der Waals surface area contributed by atoms with Gasteiger partial charge in [0.25, 0.3) is 0 Å². The summed E-state index contributed by atoms with van der Waals surface area (Å²) in [6.45, 7) is 7.10. The second kappa shape index (κ2) is 12.7. The van der Waals surface area contributed by atoms with Crippen LogP contribution in [0.2, 0.25) is 0 Å². The average Bonchev–Trinajstić information content (AvgIpc) is 3.69. The lowest BCUT2D eigenvalue weighted by molar-refractivity contribution is 0.251. The van der Waals surface area contributed by atoms with E-state index < -0.39 is 0 Å². The van der Waals surface area contributed by atoms with Gasteiger partial charge in [0, 0.05) is 49.9 Å². The van der Waals surface area contributed by atoms with E-state index >= 15 is 0 Å². The van der Waals surface area contributed by atoms with Crippen LogP contribution in [0.15, 0.2) is 29.2 Å². The fourth-order valence-corrected chi connectivity index (χ4v) is 5.41. The van der Waals surface area contributed by atoms with Gasteiger partial charge in [-0.15, -0.1) is 0 Å². The Kier molecular flexibility index (Phi) is 9.43. The molecule has 2 heterocycles. The number of piperazine rings is 1. The van der Waals surface area contributed by atoms with Gasteiger partial charge < -0.3 is 9.47 Å². The number of unbranched alkanes of at least 4 members (excludes halogenated alkanes) is 10. The third-order valence-corrected chi connectivity index (χ3v) is 7.73. The van der Waals surface area contributed by atoms with Crippen molar-refractivity contribution >= 4 is 16.6 Å². The highest BCUT2D eigenvalue weighted by molar-refractivity contribution is 5.83. The third-order valence-electron chi connectivity index (χ3n) is 7.73. The summed E-state index contributed by atoms with van der Waals surface area (Å²) in [5, 5.41) is 0.505. The molecular weight excluding hydrogens is 425 g/mol. The topological polar surface area (TPSA) is 28.5 Å². The van der Waals surface area contributed by atoms with Crippen molar-refractivity contribution in [3.63, 3.8) is 0 Å². The quantitative estimate of drug-likeness (QED) is 0.282. The molecule has 34 heavy (non-hydrogen) atoms. The number of hydrogen-bond acceptors (Lipinski definition) is 3. The van der Waals surface area contributed by atoms with Crippen LogP contribution in [0.3, 0.4) is 0 Å². The summed E-state index contributed by atoms with van der Waals surface area (Å²) in [5.74, 6) is -0.267. The van der Waals surface area contributed by atoms with E-state index in [1.807, 2.05) is 12.3 Å². The normalized spacial score (nSPS) is 17.1. The summed E-state index contributed by atoms with van der Waals surface area (Å²) < 4.78 is 17.1. The zero-order valence-corrected chi connectivity index (χ0v) is 21.2. The molecule has 2 fully saturated rings. The van der Waals surface area contributed by atoms with Gasteiger partial charge in [-0.25, -0.2) is 4.39 Å². The van der Waals surface area contributed by atoms with E-state index in [0.717, 1.165) is 51.1 Å². The van der Waals surface area contributed by atoms with Crippen molar-refractivity contribution in [2.45, 2.75) is 96.4 Å². The minimum Gasteiger partial charge on any atom is -0.367 e. The number of nitrogens with zero attached hydrogens (tertiary/aromatic N) is 3. The van der Waals surface area contributed by atoms with Gasteiger partial charge in [-0.05, 0) is 37.9 Å². The van der Waals surface area contributed by atoms with Gasteiger partial charge >= 0.3 is 0 Å². The summed E-state index contributed by atoms with van der Waals surface area (Å²) in [6, 6.07) is 5.42. The van der Waals surface area contributed by atoms with E-state index in [9.17, 15) is 9.18 Å². The minimum atomic E-state index is -0.267. The fraction of sp³-hybridized carbons (Fsp3) is 0.690. The third kappa shape index (κ3) is 6.84. The lowest BCUT2D eigenvalue weighted by Gasteiger charge is -2.36.